The molecule has 3 saturated heterocycles. The number of carbonyl (C=O) groups excluding carboxylic acids is 14. The topological polar surface area (TPSA) is 364 Å². The van der Waals surface area contributed by atoms with E-state index in [9.17, 15) is 67.1 Å². The third-order valence-electron chi connectivity index (χ3n) is 14.9. The van der Waals surface area contributed by atoms with Gasteiger partial charge in [-0.15, -0.1) is 5.06 Å². The number of rotatable bonds is 47. The Bertz CT molecular complexity index is 2960. The van der Waals surface area contributed by atoms with Crippen LogP contribution in [0.3, 0.4) is 0 Å². The van der Waals surface area contributed by atoms with Gasteiger partial charge in [0.05, 0.1) is 98.9 Å². The maximum absolute atomic E-state index is 12.2. The molecular weight excluding hydrogens is 1320 g/mol. The molecule has 5 aliphatic rings. The van der Waals surface area contributed by atoms with Crippen LogP contribution in [0.25, 0.3) is 0 Å². The summed E-state index contributed by atoms with van der Waals surface area (Å²) in [5.74, 6) is -3.62. The van der Waals surface area contributed by atoms with E-state index in [4.69, 9.17) is 48.5 Å². The van der Waals surface area contributed by atoms with Gasteiger partial charge in [-0.25, -0.2) is 4.79 Å². The van der Waals surface area contributed by atoms with Crippen molar-refractivity contribution in [2.75, 3.05) is 138 Å². The number of β-lactam (4-membered cyclic amide) rings is 2. The number of benzene rings is 2. The third kappa shape index (κ3) is 33.6. The van der Waals surface area contributed by atoms with Gasteiger partial charge < -0.3 is 48.5 Å². The summed E-state index contributed by atoms with van der Waals surface area (Å²) >= 11 is 0. The van der Waals surface area contributed by atoms with Crippen molar-refractivity contribution in [2.45, 2.75) is 117 Å². The van der Waals surface area contributed by atoms with Gasteiger partial charge >= 0.3 is 5.97 Å². The number of ketones is 3. The zero-order valence-electron chi connectivity index (χ0n) is 54.7. The number of imide groups is 5. The number of Topliss-reactive ketones (excluding diaryl/α,β-unsaturated/α-hetero) is 3. The normalized spacial score (nSPS) is 14.6. The zero-order chi connectivity index (χ0) is 69.3. The summed E-state index contributed by atoms with van der Waals surface area (Å²) in [6.07, 6.45) is 10.4. The second-order valence-electron chi connectivity index (χ2n) is 22.2. The van der Waals surface area contributed by atoms with E-state index in [1.54, 1.807) is 0 Å². The van der Waals surface area contributed by atoms with Crippen molar-refractivity contribution in [1.29, 1.82) is 0 Å². The maximum atomic E-state index is 12.2. The predicted octanol–water partition coefficient (Wildman–Crippen LogP) is 2.92. The number of amides is 10. The van der Waals surface area contributed by atoms with Crippen molar-refractivity contribution in [3.63, 3.8) is 0 Å². The summed E-state index contributed by atoms with van der Waals surface area (Å²) < 4.78 is 43.1. The molecular formula is C68H92N6O23V. The largest absolute Gasteiger partial charge is 0.399 e. The van der Waals surface area contributed by atoms with Gasteiger partial charge in [-0.05, 0) is 54.5 Å². The molecule has 5 heterocycles. The number of hydroxylamine groups is 2. The zero-order valence-corrected chi connectivity index (χ0v) is 56.1. The van der Waals surface area contributed by atoms with Gasteiger partial charge in [-0.3, -0.25) is 81.9 Å². The van der Waals surface area contributed by atoms with Crippen molar-refractivity contribution in [1.82, 2.24) is 24.7 Å². The number of ether oxygens (including phenoxy) is 8. The number of aryl methyl sites for hydroxylation is 2. The fourth-order valence-corrected chi connectivity index (χ4v) is 9.19. The fraction of sp³-hybridized carbons (Fsp3) is 0.559. The van der Waals surface area contributed by atoms with E-state index in [1.807, 2.05) is 48.5 Å². The molecule has 7 rings (SSSR count). The molecule has 2 N–H and O–H groups in total. The Balaban J connectivity index is 0.000000414. The number of anilines is 1. The van der Waals surface area contributed by atoms with Crippen LogP contribution >= 0.6 is 0 Å². The number of carbonyl (C=O) groups is 14. The maximum Gasteiger partial charge on any atom is 0.335 e. The summed E-state index contributed by atoms with van der Waals surface area (Å²) in [5, 5.41) is 0.503. The van der Waals surface area contributed by atoms with Gasteiger partial charge in [0.1, 0.15) is 17.3 Å². The average Bonchev–Trinajstić information content (AvgIpc) is 2.26. The number of nitrogen functional groups attached to an aromatic ring is 1. The first-order valence-corrected chi connectivity index (χ1v) is 32.3. The summed E-state index contributed by atoms with van der Waals surface area (Å²) in [6.45, 7) is 7.03. The minimum Gasteiger partial charge on any atom is -0.399 e. The molecule has 0 unspecified atom stereocenters. The smallest absolute Gasteiger partial charge is 0.335 e. The molecule has 0 aliphatic carbocycles. The van der Waals surface area contributed by atoms with Gasteiger partial charge in [0.2, 0.25) is 23.6 Å². The molecule has 0 atom stereocenters. The first-order chi connectivity index (χ1) is 46.4. The Morgan fingerprint density at radius 2 is 0.704 bits per heavy atom. The van der Waals surface area contributed by atoms with E-state index in [0.29, 0.717) is 193 Å². The van der Waals surface area contributed by atoms with Gasteiger partial charge in [-0.1, -0.05) is 43.8 Å². The van der Waals surface area contributed by atoms with Crippen LogP contribution < -0.4 is 5.73 Å². The molecule has 3 fully saturated rings. The van der Waals surface area contributed by atoms with Gasteiger partial charge in [0.15, 0.2) is 0 Å². The first kappa shape index (κ1) is 84.4. The molecule has 2 aromatic rings. The minimum absolute atomic E-state index is 0. The van der Waals surface area contributed by atoms with E-state index < -0.39 is 17.8 Å². The number of hydrogen-bond donors (Lipinski definition) is 1. The molecule has 0 aromatic heterocycles. The molecule has 2 aromatic carbocycles. The Morgan fingerprint density at radius 1 is 0.367 bits per heavy atom. The molecule has 537 valence electrons. The van der Waals surface area contributed by atoms with Crippen LogP contribution in [0.4, 0.5) is 5.69 Å². The number of hydrogen-bond acceptors (Lipinski definition) is 24. The Kier molecular flexibility index (Phi) is 42.0. The molecule has 0 spiro atoms. The van der Waals surface area contributed by atoms with E-state index in [0.717, 1.165) is 26.5 Å². The predicted molar refractivity (Wildman–Crippen MR) is 344 cm³/mol. The van der Waals surface area contributed by atoms with Crippen LogP contribution in [-0.2, 0) is 148 Å². The number of nitrogens with zero attached hydrogens (tertiary/aromatic N) is 5. The third-order valence-corrected chi connectivity index (χ3v) is 14.9. The van der Waals surface area contributed by atoms with Crippen molar-refractivity contribution >= 4 is 88.1 Å². The Morgan fingerprint density at radius 3 is 1.06 bits per heavy atom. The monoisotopic (exact) mass is 1410 g/mol. The van der Waals surface area contributed by atoms with Crippen LogP contribution in [0.5, 0.6) is 0 Å². The number of likely N-dealkylation sites (tertiary alicyclic amines) is 2. The summed E-state index contributed by atoms with van der Waals surface area (Å²) in [5.41, 5.74) is 9.25. The molecule has 0 saturated carbocycles. The van der Waals surface area contributed by atoms with E-state index in [1.165, 1.54) is 34.1 Å². The Labute approximate surface area is 582 Å². The molecule has 1 radical (unpaired) electrons. The molecule has 30 heteroatoms. The van der Waals surface area contributed by atoms with E-state index in [-0.39, 0.29) is 149 Å². The van der Waals surface area contributed by atoms with Crippen molar-refractivity contribution in [3.05, 3.63) is 89.5 Å². The molecule has 29 nitrogen and oxygen atoms in total. The van der Waals surface area contributed by atoms with Crippen LogP contribution in [0, 0.1) is 0 Å². The summed E-state index contributed by atoms with van der Waals surface area (Å²) in [6, 6.07) is 15.1. The van der Waals surface area contributed by atoms with Crippen LogP contribution in [0.15, 0.2) is 72.8 Å². The SMILES string of the molecule is C.Nc1ccc(CCC(=O)N2CCC2=O)cc1.O=C(CCCOCCOCCOCCOCCC(=O)Cc1ccc(CCC(=O)N2CCC2=O)cc1)CCN1C(=O)C=CC1=O.O=C(CCCOCCOCCOCCOCCC(=O)ON1C(=O)CCC1=O)CCN1C(=O)C=CC1=O.[V]. The molecule has 98 heavy (non-hydrogen) atoms. The second kappa shape index (κ2) is 48.8. The van der Waals surface area contributed by atoms with Crippen LogP contribution in [0.2, 0.25) is 0 Å². The van der Waals surface area contributed by atoms with Crippen molar-refractivity contribution in [3.8, 4) is 0 Å². The van der Waals surface area contributed by atoms with Gasteiger partial charge in [0, 0.05) is 165 Å². The van der Waals surface area contributed by atoms with E-state index >= 15 is 0 Å². The van der Waals surface area contributed by atoms with Crippen molar-refractivity contribution < 1.29 is 128 Å². The second-order valence-corrected chi connectivity index (χ2v) is 22.2. The quantitative estimate of drug-likeness (QED) is 0.0431. The van der Waals surface area contributed by atoms with E-state index in [2.05, 4.69) is 0 Å². The standard InChI is InChI=1S/C32H42N2O10.C23H32N2O11.C12H14N2O2.CH4.V/c35-27(11-14-33-30(38)9-10-31(33)39)2-1-16-41-18-20-43-22-23-44-21-19-42-17-13-28(36)24-26-5-3-25(4-6-26)7-8-29(37)34-15-12-32(34)40;26-18(7-9-24-19(27)3-4-20(24)28)2-1-10-32-12-14-34-16-17-35-15-13-33-11-8-23(31)36-25-21(29)5-6-22(25)30;13-10-4-1-9(2-5-10)3-6-11(15)14-8-7-12(14)16;;/h3-6,9-10H,1-2,7-8,11-24H2;3-4H,1-2,5-17H2;1-2,4-5H,3,6-8,13H2;1H4;. The van der Waals surface area contributed by atoms with Gasteiger partial charge in [0.25, 0.3) is 35.4 Å². The van der Waals surface area contributed by atoms with Crippen LogP contribution in [-0.4, -0.2) is 239 Å². The van der Waals surface area contributed by atoms with Crippen molar-refractivity contribution in [2.24, 2.45) is 0 Å². The summed E-state index contributed by atoms with van der Waals surface area (Å²) in [7, 11) is 0. The summed E-state index contributed by atoms with van der Waals surface area (Å²) in [4.78, 5) is 171. The first-order valence-electron chi connectivity index (χ1n) is 32.3. The fourth-order valence-electron chi connectivity index (χ4n) is 9.19. The molecule has 10 amide bonds. The average molecular weight is 1410 g/mol. The Hall–Kier alpha value is -7.84. The minimum atomic E-state index is -0.715. The van der Waals surface area contributed by atoms with Crippen LogP contribution in [0.1, 0.15) is 114 Å². The molecule has 0 bridgehead atoms. The van der Waals surface area contributed by atoms with Gasteiger partial charge in [-0.2, -0.15) is 0 Å². The molecule has 5 aliphatic heterocycles. The number of nitrogens with two attached hydrogens (primary N) is 1.